The Bertz CT molecular complexity index is 248. The van der Waals surface area contributed by atoms with E-state index in [1.807, 2.05) is 0 Å². The Morgan fingerprint density at radius 1 is 1.11 bits per heavy atom. The van der Waals surface area contributed by atoms with E-state index in [9.17, 15) is 19.8 Å². The number of carbonyl (C=O) groups excluding carboxylic acids is 2. The van der Waals surface area contributed by atoms with Gasteiger partial charge in [0.05, 0.1) is 19.8 Å². The van der Waals surface area contributed by atoms with Crippen LogP contribution in [0.5, 0.6) is 0 Å². The highest BCUT2D eigenvalue weighted by Gasteiger charge is 2.31. The molecule has 0 saturated heterocycles. The van der Waals surface area contributed by atoms with Crippen molar-refractivity contribution in [1.82, 2.24) is 5.32 Å². The van der Waals surface area contributed by atoms with Crippen LogP contribution in [0.15, 0.2) is 0 Å². The van der Waals surface area contributed by atoms with Gasteiger partial charge in [-0.25, -0.2) is 0 Å². The first-order valence-corrected chi connectivity index (χ1v) is 5.44. The van der Waals surface area contributed by atoms with Crippen LogP contribution in [0.25, 0.3) is 0 Å². The number of nitrogens with one attached hydrogen (secondary N) is 1. The van der Waals surface area contributed by atoms with Crippen molar-refractivity contribution in [2.24, 2.45) is 0 Å². The molecule has 0 aliphatic carbocycles. The molecule has 0 heterocycles. The molecule has 4 atom stereocenters. The minimum atomic E-state index is -1.71. The maximum Gasteiger partial charge on any atom is 0.217 e. The van der Waals surface area contributed by atoms with E-state index in [0.717, 1.165) is 6.92 Å². The Kier molecular flexibility index (Phi) is 12.7. The molecule has 0 aliphatic heterocycles. The van der Waals surface area contributed by atoms with Crippen LogP contribution in [0.1, 0.15) is 6.92 Å². The number of hydrogen-bond acceptors (Lipinski definition) is 8. The average molecular weight is 283 g/mol. The molecule has 0 aliphatic rings. The highest BCUT2D eigenvalue weighted by Crippen LogP contribution is 2.03. The predicted octanol–water partition coefficient (Wildman–Crippen LogP) is -4.26. The van der Waals surface area contributed by atoms with Gasteiger partial charge in [0.1, 0.15) is 30.6 Å². The summed E-state index contributed by atoms with van der Waals surface area (Å²) in [6.45, 7) is 0.127. The molecule has 114 valence electrons. The van der Waals surface area contributed by atoms with Gasteiger partial charge in [0, 0.05) is 6.92 Å². The second-order valence-electron chi connectivity index (χ2n) is 3.54. The van der Waals surface area contributed by atoms with Crippen LogP contribution in [0.2, 0.25) is 0 Å². The minimum absolute atomic E-state index is 0.125. The maximum absolute atomic E-state index is 10.6. The summed E-state index contributed by atoms with van der Waals surface area (Å²) in [4.78, 5) is 21.1. The van der Waals surface area contributed by atoms with Crippen molar-refractivity contribution in [3.8, 4) is 0 Å². The summed E-state index contributed by atoms with van der Waals surface area (Å²) in [5, 5.41) is 53.4. The van der Waals surface area contributed by atoms with Crippen LogP contribution in [0.3, 0.4) is 0 Å². The highest BCUT2D eigenvalue weighted by atomic mass is 16.4. The zero-order chi connectivity index (χ0) is 15.4. The number of aliphatic hydroxyl groups is 6. The monoisotopic (exact) mass is 283 g/mol. The molecule has 0 unspecified atom stereocenters. The van der Waals surface area contributed by atoms with Crippen molar-refractivity contribution in [3.05, 3.63) is 0 Å². The van der Waals surface area contributed by atoms with E-state index < -0.39 is 36.9 Å². The van der Waals surface area contributed by atoms with Crippen LogP contribution < -0.4 is 5.32 Å². The molecule has 9 heteroatoms. The van der Waals surface area contributed by atoms with E-state index in [0.29, 0.717) is 0 Å². The molecule has 19 heavy (non-hydrogen) atoms. The molecule has 0 aromatic rings. The summed E-state index contributed by atoms with van der Waals surface area (Å²) in [6.07, 6.45) is -4.72. The van der Waals surface area contributed by atoms with Crippen LogP contribution >= 0.6 is 0 Å². The summed E-state index contributed by atoms with van der Waals surface area (Å²) >= 11 is 0. The number of aldehydes is 1. The zero-order valence-electron chi connectivity index (χ0n) is 10.5. The van der Waals surface area contributed by atoms with Crippen molar-refractivity contribution >= 4 is 12.2 Å². The van der Waals surface area contributed by atoms with Crippen molar-refractivity contribution < 1.29 is 40.2 Å². The Morgan fingerprint density at radius 2 is 1.58 bits per heavy atom. The standard InChI is InChI=1S/C8H15NO6.C2H6O2/c1-4(12)9-5(2-10)7(14)8(15)6(13)3-11;3-1-2-4/h2,5-8,11,13-15H,3H2,1H3,(H,9,12);3-4H,1-2H2/t5-,6+,7+,8-;/m0./s1. The number of hydrogen-bond donors (Lipinski definition) is 7. The van der Waals surface area contributed by atoms with Gasteiger partial charge in [-0.15, -0.1) is 0 Å². The van der Waals surface area contributed by atoms with E-state index >= 15 is 0 Å². The fourth-order valence-corrected chi connectivity index (χ4v) is 0.983. The highest BCUT2D eigenvalue weighted by molar-refractivity contribution is 5.77. The van der Waals surface area contributed by atoms with Gasteiger partial charge in [0.15, 0.2) is 0 Å². The molecule has 9 nitrogen and oxygen atoms in total. The summed E-state index contributed by atoms with van der Waals surface area (Å²) < 4.78 is 0. The number of carbonyl (C=O) groups is 2. The second-order valence-corrected chi connectivity index (χ2v) is 3.54. The Labute approximate surface area is 110 Å². The van der Waals surface area contributed by atoms with E-state index in [-0.39, 0.29) is 19.5 Å². The SMILES string of the molecule is CC(=O)N[C@@H](C=O)[C@@H](O)[C@@H](O)[C@H](O)CO.OCCO. The topological polar surface area (TPSA) is 168 Å². The average Bonchev–Trinajstić information content (AvgIpc) is 2.42. The van der Waals surface area contributed by atoms with Crippen LogP contribution in [0.4, 0.5) is 0 Å². The van der Waals surface area contributed by atoms with E-state index in [2.05, 4.69) is 5.32 Å². The third-order valence-corrected chi connectivity index (χ3v) is 1.92. The molecule has 0 spiro atoms. The molecule has 0 rings (SSSR count). The van der Waals surface area contributed by atoms with Gasteiger partial charge in [0.25, 0.3) is 0 Å². The van der Waals surface area contributed by atoms with Crippen LogP contribution in [-0.2, 0) is 9.59 Å². The Balaban J connectivity index is 0. The summed E-state index contributed by atoms with van der Waals surface area (Å²) in [6, 6.07) is -1.32. The molecular formula is C10H21NO8. The quantitative estimate of drug-likeness (QED) is 0.230. The van der Waals surface area contributed by atoms with Gasteiger partial charge in [-0.2, -0.15) is 0 Å². The smallest absolute Gasteiger partial charge is 0.217 e. The predicted molar refractivity (Wildman–Crippen MR) is 62.9 cm³/mol. The van der Waals surface area contributed by atoms with Gasteiger partial charge in [-0.1, -0.05) is 0 Å². The third kappa shape index (κ3) is 9.47. The number of rotatable bonds is 7. The van der Waals surface area contributed by atoms with E-state index in [1.165, 1.54) is 0 Å². The fourth-order valence-electron chi connectivity index (χ4n) is 0.983. The Hall–Kier alpha value is -1.10. The lowest BCUT2D eigenvalue weighted by Gasteiger charge is -2.25. The van der Waals surface area contributed by atoms with Crippen molar-refractivity contribution in [1.29, 1.82) is 0 Å². The molecule has 0 radical (unpaired) electrons. The maximum atomic E-state index is 10.6. The van der Waals surface area contributed by atoms with E-state index in [4.69, 9.17) is 20.4 Å². The number of aliphatic hydroxyl groups excluding tert-OH is 6. The first-order chi connectivity index (χ1) is 8.85. The van der Waals surface area contributed by atoms with Gasteiger partial charge in [-0.3, -0.25) is 4.79 Å². The fraction of sp³-hybridized carbons (Fsp3) is 0.800. The first kappa shape index (κ1) is 20.2. The summed E-state index contributed by atoms with van der Waals surface area (Å²) in [7, 11) is 0. The first-order valence-electron chi connectivity index (χ1n) is 5.44. The molecular weight excluding hydrogens is 262 g/mol. The largest absolute Gasteiger partial charge is 0.394 e. The van der Waals surface area contributed by atoms with Gasteiger partial charge < -0.3 is 40.8 Å². The van der Waals surface area contributed by atoms with Gasteiger partial charge >= 0.3 is 0 Å². The van der Waals surface area contributed by atoms with Gasteiger partial charge in [0.2, 0.25) is 5.91 Å². The minimum Gasteiger partial charge on any atom is -0.394 e. The van der Waals surface area contributed by atoms with Crippen LogP contribution in [-0.4, -0.2) is 87.0 Å². The van der Waals surface area contributed by atoms with Crippen molar-refractivity contribution in [2.45, 2.75) is 31.3 Å². The molecule has 1 amide bonds. The molecule has 0 aromatic heterocycles. The molecule has 7 N–H and O–H groups in total. The van der Waals surface area contributed by atoms with Crippen molar-refractivity contribution in [2.75, 3.05) is 19.8 Å². The molecule has 0 saturated carbocycles. The third-order valence-electron chi connectivity index (χ3n) is 1.92. The molecule has 0 fully saturated rings. The lowest BCUT2D eigenvalue weighted by Crippen LogP contribution is -2.53. The zero-order valence-corrected chi connectivity index (χ0v) is 10.5. The summed E-state index contributed by atoms with van der Waals surface area (Å²) in [5.74, 6) is -0.558. The van der Waals surface area contributed by atoms with E-state index in [1.54, 1.807) is 0 Å². The van der Waals surface area contributed by atoms with Crippen molar-refractivity contribution in [3.63, 3.8) is 0 Å². The molecule has 0 aromatic carbocycles. The normalized spacial score (nSPS) is 16.4. The second kappa shape index (κ2) is 12.0. The van der Waals surface area contributed by atoms with Crippen LogP contribution in [0, 0.1) is 0 Å². The number of amides is 1. The Morgan fingerprint density at radius 3 is 1.84 bits per heavy atom. The lowest BCUT2D eigenvalue weighted by atomic mass is 10.0. The lowest BCUT2D eigenvalue weighted by molar-refractivity contribution is -0.129. The molecule has 0 bridgehead atoms. The van der Waals surface area contributed by atoms with Gasteiger partial charge in [-0.05, 0) is 0 Å². The summed E-state index contributed by atoms with van der Waals surface area (Å²) in [5.41, 5.74) is 0.